The van der Waals surface area contributed by atoms with Crippen LogP contribution in [-0.2, 0) is 9.53 Å². The molecule has 1 amide bonds. The second-order valence-corrected chi connectivity index (χ2v) is 5.77. The van der Waals surface area contributed by atoms with E-state index in [1.165, 1.54) is 13.2 Å². The van der Waals surface area contributed by atoms with E-state index in [2.05, 4.69) is 21.2 Å². The lowest BCUT2D eigenvalue weighted by molar-refractivity contribution is -0.119. The number of benzene rings is 2. The van der Waals surface area contributed by atoms with Crippen molar-refractivity contribution in [1.29, 1.82) is 0 Å². The van der Waals surface area contributed by atoms with Crippen LogP contribution in [-0.4, -0.2) is 32.2 Å². The molecule has 25 heavy (non-hydrogen) atoms. The van der Waals surface area contributed by atoms with Crippen LogP contribution in [0.3, 0.4) is 0 Å². The lowest BCUT2D eigenvalue weighted by Gasteiger charge is -2.13. The maximum absolute atomic E-state index is 12.2. The summed E-state index contributed by atoms with van der Waals surface area (Å²) in [5.41, 5.74) is 0.887. The Morgan fingerprint density at radius 2 is 1.88 bits per heavy atom. The first-order chi connectivity index (χ1) is 12.0. The minimum atomic E-state index is -0.632. The summed E-state index contributed by atoms with van der Waals surface area (Å²) in [7, 11) is 1.51. The highest BCUT2D eigenvalue weighted by Crippen LogP contribution is 2.36. The Hall–Kier alpha value is -2.54. The molecule has 2 rings (SSSR count). The van der Waals surface area contributed by atoms with Gasteiger partial charge in [0.25, 0.3) is 5.91 Å². The van der Waals surface area contributed by atoms with Crippen LogP contribution in [0.1, 0.15) is 17.3 Å². The molecule has 0 saturated heterocycles. The summed E-state index contributed by atoms with van der Waals surface area (Å²) >= 11 is 3.33. The first-order valence-corrected chi connectivity index (χ1v) is 8.36. The van der Waals surface area contributed by atoms with Gasteiger partial charge < -0.3 is 19.5 Å². The van der Waals surface area contributed by atoms with Crippen LogP contribution >= 0.6 is 15.9 Å². The van der Waals surface area contributed by atoms with Crippen LogP contribution < -0.4 is 14.8 Å². The normalized spacial score (nSPS) is 10.0. The average molecular weight is 408 g/mol. The number of carbonyl (C=O) groups excluding carboxylic acids is 2. The fraction of sp³-hybridized carbons (Fsp3) is 0.222. The van der Waals surface area contributed by atoms with E-state index in [4.69, 9.17) is 14.2 Å². The van der Waals surface area contributed by atoms with Gasteiger partial charge in [0.2, 0.25) is 0 Å². The highest BCUT2D eigenvalue weighted by molar-refractivity contribution is 9.10. The number of hydrogen-bond acceptors (Lipinski definition) is 5. The Balaban J connectivity index is 2.01. The molecule has 0 bridgehead atoms. The Bertz CT molecular complexity index is 749. The number of hydrogen-bond donors (Lipinski definition) is 1. The SMILES string of the molecule is CCOc1cc(C(=O)OCC(=O)Nc2ccccc2)cc(Br)c1OC. The van der Waals surface area contributed by atoms with Gasteiger partial charge in [0, 0.05) is 5.69 Å². The molecule has 2 aromatic carbocycles. The van der Waals surface area contributed by atoms with Crippen molar-refractivity contribution in [3.63, 3.8) is 0 Å². The van der Waals surface area contributed by atoms with Crippen LogP contribution in [0, 0.1) is 0 Å². The smallest absolute Gasteiger partial charge is 0.338 e. The molecule has 0 saturated carbocycles. The summed E-state index contributed by atoms with van der Waals surface area (Å²) < 4.78 is 16.3. The van der Waals surface area contributed by atoms with E-state index in [1.807, 2.05) is 13.0 Å². The summed E-state index contributed by atoms with van der Waals surface area (Å²) in [5, 5.41) is 2.64. The van der Waals surface area contributed by atoms with Crippen LogP contribution in [0.15, 0.2) is 46.9 Å². The van der Waals surface area contributed by atoms with Gasteiger partial charge >= 0.3 is 5.97 Å². The molecule has 2 aromatic rings. The number of anilines is 1. The first-order valence-electron chi connectivity index (χ1n) is 7.57. The average Bonchev–Trinajstić information content (AvgIpc) is 2.60. The van der Waals surface area contributed by atoms with Crippen molar-refractivity contribution >= 4 is 33.5 Å². The maximum atomic E-state index is 12.2. The quantitative estimate of drug-likeness (QED) is 0.708. The molecule has 1 N–H and O–H groups in total. The number of para-hydroxylation sites is 1. The van der Waals surface area contributed by atoms with Crippen LogP contribution in [0.5, 0.6) is 11.5 Å². The molecule has 7 heteroatoms. The summed E-state index contributed by atoms with van der Waals surface area (Å²) in [4.78, 5) is 24.0. The molecule has 0 heterocycles. The number of amides is 1. The van der Waals surface area contributed by atoms with Gasteiger partial charge in [-0.05, 0) is 47.1 Å². The van der Waals surface area contributed by atoms with Crippen molar-refractivity contribution in [3.8, 4) is 11.5 Å². The number of methoxy groups -OCH3 is 1. The topological polar surface area (TPSA) is 73.9 Å². The van der Waals surface area contributed by atoms with Gasteiger partial charge in [-0.25, -0.2) is 4.79 Å². The Kier molecular flexibility index (Phi) is 6.82. The fourth-order valence-corrected chi connectivity index (χ4v) is 2.68. The molecular weight excluding hydrogens is 390 g/mol. The number of nitrogens with one attached hydrogen (secondary N) is 1. The van der Waals surface area contributed by atoms with E-state index in [9.17, 15) is 9.59 Å². The van der Waals surface area contributed by atoms with Crippen molar-refractivity contribution < 1.29 is 23.8 Å². The summed E-state index contributed by atoms with van der Waals surface area (Å²) in [6.07, 6.45) is 0. The lowest BCUT2D eigenvalue weighted by atomic mass is 10.2. The van der Waals surface area contributed by atoms with Crippen molar-refractivity contribution in [3.05, 3.63) is 52.5 Å². The van der Waals surface area contributed by atoms with Gasteiger partial charge in [-0.3, -0.25) is 4.79 Å². The van der Waals surface area contributed by atoms with Gasteiger partial charge in [0.05, 0.1) is 23.8 Å². The zero-order valence-electron chi connectivity index (χ0n) is 13.9. The monoisotopic (exact) mass is 407 g/mol. The van der Waals surface area contributed by atoms with Crippen molar-refractivity contribution in [2.45, 2.75) is 6.92 Å². The summed E-state index contributed by atoms with van der Waals surface area (Å²) in [6.45, 7) is 1.86. The van der Waals surface area contributed by atoms with E-state index in [0.29, 0.717) is 28.3 Å². The van der Waals surface area contributed by atoms with Crippen LogP contribution in [0.25, 0.3) is 0 Å². The molecule has 0 aliphatic heterocycles. The molecule has 0 aliphatic carbocycles. The molecule has 0 spiro atoms. The molecule has 0 atom stereocenters. The van der Waals surface area contributed by atoms with Gasteiger partial charge in [-0.2, -0.15) is 0 Å². The third-order valence-electron chi connectivity index (χ3n) is 3.14. The Morgan fingerprint density at radius 1 is 1.16 bits per heavy atom. The van der Waals surface area contributed by atoms with E-state index in [1.54, 1.807) is 30.3 Å². The van der Waals surface area contributed by atoms with Crippen molar-refractivity contribution in [1.82, 2.24) is 0 Å². The molecule has 132 valence electrons. The number of carbonyl (C=O) groups is 2. The predicted octanol–water partition coefficient (Wildman–Crippen LogP) is 3.65. The fourth-order valence-electron chi connectivity index (χ4n) is 2.08. The van der Waals surface area contributed by atoms with Crippen molar-refractivity contribution in [2.24, 2.45) is 0 Å². The predicted molar refractivity (Wildman–Crippen MR) is 97.2 cm³/mol. The maximum Gasteiger partial charge on any atom is 0.338 e. The zero-order chi connectivity index (χ0) is 18.2. The molecule has 0 radical (unpaired) electrons. The second kappa shape index (κ2) is 9.08. The van der Waals surface area contributed by atoms with Crippen LogP contribution in [0.2, 0.25) is 0 Å². The molecule has 0 aromatic heterocycles. The minimum Gasteiger partial charge on any atom is -0.492 e. The van der Waals surface area contributed by atoms with Crippen LogP contribution in [0.4, 0.5) is 5.69 Å². The molecular formula is C18H18BrNO5. The second-order valence-electron chi connectivity index (χ2n) is 4.91. The molecule has 0 aliphatic rings. The van der Waals surface area contributed by atoms with E-state index in [0.717, 1.165) is 0 Å². The van der Waals surface area contributed by atoms with E-state index >= 15 is 0 Å². The standard InChI is InChI=1S/C18H18BrNO5/c1-3-24-15-10-12(9-14(19)17(15)23-2)18(22)25-11-16(21)20-13-7-5-4-6-8-13/h4-10H,3,11H2,1-2H3,(H,20,21). The number of rotatable bonds is 7. The Morgan fingerprint density at radius 3 is 2.52 bits per heavy atom. The van der Waals surface area contributed by atoms with Crippen molar-refractivity contribution in [2.75, 3.05) is 25.6 Å². The third kappa shape index (κ3) is 5.22. The lowest BCUT2D eigenvalue weighted by Crippen LogP contribution is -2.21. The third-order valence-corrected chi connectivity index (χ3v) is 3.73. The van der Waals surface area contributed by atoms with E-state index in [-0.39, 0.29) is 12.2 Å². The van der Waals surface area contributed by atoms with Gasteiger partial charge in [0.1, 0.15) is 0 Å². The first kappa shape index (κ1) is 18.8. The molecule has 0 unspecified atom stereocenters. The number of halogens is 1. The number of ether oxygens (including phenoxy) is 3. The minimum absolute atomic E-state index is 0.253. The van der Waals surface area contributed by atoms with E-state index < -0.39 is 11.9 Å². The summed E-state index contributed by atoms with van der Waals surface area (Å²) in [5.74, 6) is -0.148. The largest absolute Gasteiger partial charge is 0.492 e. The number of esters is 1. The zero-order valence-corrected chi connectivity index (χ0v) is 15.5. The van der Waals surface area contributed by atoms with Gasteiger partial charge in [-0.15, -0.1) is 0 Å². The van der Waals surface area contributed by atoms with Gasteiger partial charge in [-0.1, -0.05) is 18.2 Å². The molecule has 0 fully saturated rings. The Labute approximate surface area is 154 Å². The van der Waals surface area contributed by atoms with Gasteiger partial charge in [0.15, 0.2) is 18.1 Å². The molecule has 6 nitrogen and oxygen atoms in total. The summed E-state index contributed by atoms with van der Waals surface area (Å²) in [6, 6.07) is 12.0. The highest BCUT2D eigenvalue weighted by Gasteiger charge is 2.17. The highest BCUT2D eigenvalue weighted by atomic mass is 79.9.